The van der Waals surface area contributed by atoms with Gasteiger partial charge in [-0.15, -0.1) is 0 Å². The first-order chi connectivity index (χ1) is 10.2. The molecule has 0 unspecified atom stereocenters. The Balaban J connectivity index is 3.49. The van der Waals surface area contributed by atoms with Gasteiger partial charge in [0.2, 0.25) is 15.9 Å². The van der Waals surface area contributed by atoms with Gasteiger partial charge in [-0.25, -0.2) is 13.2 Å². The van der Waals surface area contributed by atoms with Gasteiger partial charge in [0.25, 0.3) is 0 Å². The molecule has 0 bridgehead atoms. The third-order valence-corrected chi connectivity index (χ3v) is 4.89. The Kier molecular flexibility index (Phi) is 6.19. The van der Waals surface area contributed by atoms with Crippen LogP contribution in [0.15, 0.2) is 18.2 Å². The van der Waals surface area contributed by atoms with E-state index < -0.39 is 28.4 Å². The number of amides is 1. The smallest absolute Gasteiger partial charge is 0.340 e. The normalized spacial score (nSPS) is 11.0. The number of nitrogens with zero attached hydrogens (tertiary/aromatic N) is 1. The van der Waals surface area contributed by atoms with Crippen molar-refractivity contribution in [1.29, 1.82) is 0 Å². The second-order valence-corrected chi connectivity index (χ2v) is 6.89. The highest BCUT2D eigenvalue weighted by Crippen LogP contribution is 2.27. The van der Waals surface area contributed by atoms with Crippen molar-refractivity contribution in [3.05, 3.63) is 28.8 Å². The van der Waals surface area contributed by atoms with E-state index in [0.717, 1.165) is 11.4 Å². The molecule has 22 heavy (non-hydrogen) atoms. The van der Waals surface area contributed by atoms with Crippen LogP contribution in [-0.4, -0.2) is 39.7 Å². The minimum absolute atomic E-state index is 0.00324. The first kappa shape index (κ1) is 18.2. The fraction of sp³-hybridized carbons (Fsp3) is 0.385. The summed E-state index contributed by atoms with van der Waals surface area (Å²) in [5.74, 6) is -1.80. The number of carbonyl (C=O) groups is 2. The topological polar surface area (TPSA) is 107 Å². The van der Waals surface area contributed by atoms with E-state index in [0.29, 0.717) is 6.42 Å². The second kappa shape index (κ2) is 7.46. The van der Waals surface area contributed by atoms with E-state index in [2.05, 4.69) is 4.74 Å². The molecule has 1 aromatic rings. The minimum Gasteiger partial charge on any atom is -0.465 e. The highest BCUT2D eigenvalue weighted by atomic mass is 35.5. The van der Waals surface area contributed by atoms with E-state index in [4.69, 9.17) is 17.3 Å². The molecule has 0 aromatic heterocycles. The summed E-state index contributed by atoms with van der Waals surface area (Å²) in [5.41, 5.74) is 5.07. The van der Waals surface area contributed by atoms with Gasteiger partial charge >= 0.3 is 5.97 Å². The van der Waals surface area contributed by atoms with E-state index in [1.165, 1.54) is 18.2 Å². The molecule has 0 aliphatic rings. The van der Waals surface area contributed by atoms with Gasteiger partial charge in [-0.05, 0) is 24.6 Å². The van der Waals surface area contributed by atoms with Crippen molar-refractivity contribution in [2.24, 2.45) is 5.73 Å². The molecule has 0 saturated carbocycles. The third-order valence-electron chi connectivity index (χ3n) is 2.73. The van der Waals surface area contributed by atoms with Crippen LogP contribution in [0.25, 0.3) is 0 Å². The predicted octanol–water partition coefficient (Wildman–Crippen LogP) is 1.16. The molecule has 1 rings (SSSR count). The van der Waals surface area contributed by atoms with Gasteiger partial charge in [0.1, 0.15) is 6.54 Å². The Labute approximate surface area is 134 Å². The molecule has 0 saturated heterocycles. The lowest BCUT2D eigenvalue weighted by atomic mass is 10.2. The van der Waals surface area contributed by atoms with Gasteiger partial charge in [0, 0.05) is 5.02 Å². The zero-order valence-corrected chi connectivity index (χ0v) is 13.8. The van der Waals surface area contributed by atoms with Crippen LogP contribution in [0.4, 0.5) is 5.69 Å². The minimum atomic E-state index is -3.82. The fourth-order valence-corrected chi connectivity index (χ4v) is 3.53. The first-order valence-corrected chi connectivity index (χ1v) is 8.38. The summed E-state index contributed by atoms with van der Waals surface area (Å²) in [5, 5.41) is 0.232. The van der Waals surface area contributed by atoms with Crippen molar-refractivity contribution in [3.63, 3.8) is 0 Å². The Morgan fingerprint density at radius 1 is 1.36 bits per heavy atom. The monoisotopic (exact) mass is 348 g/mol. The maximum atomic E-state index is 12.3. The van der Waals surface area contributed by atoms with E-state index in [1.807, 2.05) is 0 Å². The summed E-state index contributed by atoms with van der Waals surface area (Å²) < 4.78 is 30.1. The average molecular weight is 349 g/mol. The quantitative estimate of drug-likeness (QED) is 0.744. The maximum Gasteiger partial charge on any atom is 0.340 e. The van der Waals surface area contributed by atoms with E-state index in [-0.39, 0.29) is 22.0 Å². The molecule has 9 heteroatoms. The molecule has 0 spiro atoms. The molecule has 0 radical (unpaired) electrons. The van der Waals surface area contributed by atoms with E-state index in [9.17, 15) is 18.0 Å². The van der Waals surface area contributed by atoms with Crippen molar-refractivity contribution in [2.75, 3.05) is 23.7 Å². The van der Waals surface area contributed by atoms with Crippen LogP contribution in [0.3, 0.4) is 0 Å². The number of hydrogen-bond acceptors (Lipinski definition) is 5. The number of methoxy groups -OCH3 is 1. The summed E-state index contributed by atoms with van der Waals surface area (Å²) >= 11 is 5.84. The largest absolute Gasteiger partial charge is 0.465 e. The zero-order valence-electron chi connectivity index (χ0n) is 12.2. The number of sulfonamides is 1. The Morgan fingerprint density at radius 2 is 2.00 bits per heavy atom. The standard InChI is InChI=1S/C13H17ClN2O5S/c1-3-6-22(19,20)16(8-12(15)17)11-5-4-9(14)7-10(11)13(18)21-2/h4-5,7H,3,6,8H2,1-2H3,(H2,15,17). The van der Waals surface area contributed by atoms with Crippen molar-refractivity contribution in [1.82, 2.24) is 0 Å². The fourth-order valence-electron chi connectivity index (χ4n) is 1.84. The van der Waals surface area contributed by atoms with Crippen molar-refractivity contribution in [3.8, 4) is 0 Å². The molecule has 0 atom stereocenters. The zero-order chi connectivity index (χ0) is 16.9. The molecule has 0 aliphatic carbocycles. The van der Waals surface area contributed by atoms with Gasteiger partial charge in [0.15, 0.2) is 0 Å². The number of ether oxygens (including phenoxy) is 1. The third kappa shape index (κ3) is 4.35. The number of rotatable bonds is 7. The lowest BCUT2D eigenvalue weighted by Crippen LogP contribution is -2.40. The SMILES string of the molecule is CCCS(=O)(=O)N(CC(N)=O)c1ccc(Cl)cc1C(=O)OC. The van der Waals surface area contributed by atoms with Gasteiger partial charge < -0.3 is 10.5 Å². The molecular weight excluding hydrogens is 332 g/mol. The Bertz CT molecular complexity index is 675. The highest BCUT2D eigenvalue weighted by molar-refractivity contribution is 7.92. The second-order valence-electron chi connectivity index (χ2n) is 4.44. The lowest BCUT2D eigenvalue weighted by molar-refractivity contribution is -0.116. The number of hydrogen-bond donors (Lipinski definition) is 1. The van der Waals surface area contributed by atoms with Crippen LogP contribution >= 0.6 is 11.6 Å². The summed E-state index contributed by atoms with van der Waals surface area (Å²) in [7, 11) is -2.66. The predicted molar refractivity (Wildman–Crippen MR) is 83.4 cm³/mol. The summed E-state index contributed by atoms with van der Waals surface area (Å²) in [6.07, 6.45) is 0.346. The number of primary amides is 1. The van der Waals surface area contributed by atoms with Gasteiger partial charge in [-0.1, -0.05) is 18.5 Å². The number of carbonyl (C=O) groups excluding carboxylic acids is 2. The summed E-state index contributed by atoms with van der Waals surface area (Å²) in [6, 6.07) is 4.03. The van der Waals surface area contributed by atoms with Crippen LogP contribution < -0.4 is 10.0 Å². The number of anilines is 1. The molecule has 7 nitrogen and oxygen atoms in total. The summed E-state index contributed by atoms with van der Waals surface area (Å²) in [4.78, 5) is 23.1. The number of nitrogens with two attached hydrogens (primary N) is 1. The molecule has 1 amide bonds. The van der Waals surface area contributed by atoms with Crippen LogP contribution in [0, 0.1) is 0 Å². The van der Waals surface area contributed by atoms with Gasteiger partial charge in [0.05, 0.1) is 24.1 Å². The van der Waals surface area contributed by atoms with Gasteiger partial charge in [-0.3, -0.25) is 9.10 Å². The van der Waals surface area contributed by atoms with Crippen LogP contribution in [0.5, 0.6) is 0 Å². The lowest BCUT2D eigenvalue weighted by Gasteiger charge is -2.24. The summed E-state index contributed by atoms with van der Waals surface area (Å²) in [6.45, 7) is 1.11. The molecule has 122 valence electrons. The molecule has 0 fully saturated rings. The highest BCUT2D eigenvalue weighted by Gasteiger charge is 2.28. The molecule has 2 N–H and O–H groups in total. The number of esters is 1. The number of halogens is 1. The Morgan fingerprint density at radius 3 is 2.50 bits per heavy atom. The van der Waals surface area contributed by atoms with Crippen LogP contribution in [0.2, 0.25) is 5.02 Å². The van der Waals surface area contributed by atoms with E-state index >= 15 is 0 Å². The molecule has 1 aromatic carbocycles. The molecule has 0 aliphatic heterocycles. The Hall–Kier alpha value is -1.80. The molecule has 0 heterocycles. The first-order valence-electron chi connectivity index (χ1n) is 6.39. The van der Waals surface area contributed by atoms with E-state index in [1.54, 1.807) is 6.92 Å². The molecular formula is C13H17ClN2O5S. The van der Waals surface area contributed by atoms with Gasteiger partial charge in [-0.2, -0.15) is 0 Å². The maximum absolute atomic E-state index is 12.3. The van der Waals surface area contributed by atoms with Crippen molar-refractivity contribution in [2.45, 2.75) is 13.3 Å². The van der Waals surface area contributed by atoms with Crippen molar-refractivity contribution < 1.29 is 22.7 Å². The van der Waals surface area contributed by atoms with Crippen molar-refractivity contribution >= 4 is 39.2 Å². The van der Waals surface area contributed by atoms with Crippen LogP contribution in [-0.2, 0) is 19.6 Å². The number of benzene rings is 1. The van der Waals surface area contributed by atoms with Crippen LogP contribution in [0.1, 0.15) is 23.7 Å². The average Bonchev–Trinajstić information content (AvgIpc) is 2.43.